The van der Waals surface area contributed by atoms with Crippen LogP contribution in [0.4, 0.5) is 18.9 Å². The fourth-order valence-corrected chi connectivity index (χ4v) is 5.59. The minimum atomic E-state index is -4.81. The molecule has 0 radical (unpaired) electrons. The highest BCUT2D eigenvalue weighted by Gasteiger charge is 2.51. The Balaban J connectivity index is 1.68. The van der Waals surface area contributed by atoms with Crippen LogP contribution in [-0.4, -0.2) is 58.1 Å². The SMILES string of the molecule is CC(CNC1COC1)CC(CNS(=O)(=O)c1cccs1)Nc1ccc(C(C)(O)C(F)(F)F)cc1. The smallest absolute Gasteiger partial charge is 0.381 e. The Morgan fingerprint density at radius 1 is 1.18 bits per heavy atom. The summed E-state index contributed by atoms with van der Waals surface area (Å²) in [4.78, 5) is 0. The van der Waals surface area contributed by atoms with Crippen LogP contribution in [0.15, 0.2) is 46.0 Å². The van der Waals surface area contributed by atoms with E-state index in [4.69, 9.17) is 4.74 Å². The number of ether oxygens (including phenoxy) is 1. The molecular weight excluding hydrogens is 491 g/mol. The van der Waals surface area contributed by atoms with Crippen molar-refractivity contribution in [2.24, 2.45) is 5.92 Å². The minimum Gasteiger partial charge on any atom is -0.381 e. The first kappa shape index (κ1) is 26.9. The fraction of sp³-hybridized carbons (Fsp3) is 0.545. The van der Waals surface area contributed by atoms with Gasteiger partial charge in [-0.15, -0.1) is 11.3 Å². The molecule has 1 aromatic carbocycles. The number of hydrogen-bond acceptors (Lipinski definition) is 7. The molecule has 12 heteroatoms. The Morgan fingerprint density at radius 3 is 2.38 bits per heavy atom. The predicted octanol–water partition coefficient (Wildman–Crippen LogP) is 3.29. The monoisotopic (exact) mass is 521 g/mol. The highest BCUT2D eigenvalue weighted by atomic mass is 32.2. The predicted molar refractivity (Wildman–Crippen MR) is 125 cm³/mol. The molecule has 1 aromatic heterocycles. The number of rotatable bonds is 12. The van der Waals surface area contributed by atoms with Crippen LogP contribution in [0, 0.1) is 5.92 Å². The van der Waals surface area contributed by atoms with Crippen molar-refractivity contribution in [3.63, 3.8) is 0 Å². The molecule has 2 heterocycles. The summed E-state index contributed by atoms with van der Waals surface area (Å²) < 4.78 is 72.5. The highest BCUT2D eigenvalue weighted by molar-refractivity contribution is 7.91. The Labute approximate surface area is 201 Å². The van der Waals surface area contributed by atoms with Gasteiger partial charge in [0.05, 0.1) is 19.3 Å². The van der Waals surface area contributed by atoms with Crippen molar-refractivity contribution in [2.45, 2.75) is 48.3 Å². The summed E-state index contributed by atoms with van der Waals surface area (Å²) >= 11 is 1.12. The second-order valence-electron chi connectivity index (χ2n) is 8.76. The van der Waals surface area contributed by atoms with Gasteiger partial charge in [-0.3, -0.25) is 0 Å². The standard InChI is InChI=1S/C22H30F3N3O4S2/c1-15(11-26-19-13-32-14-19)10-18(12-27-34(30,31)20-4-3-9-33-20)28-17-7-5-16(6-8-17)21(2,29)22(23,24)25/h3-9,15,18-19,26-29H,10-14H2,1-2H3. The van der Waals surface area contributed by atoms with E-state index in [0.29, 0.717) is 38.3 Å². The molecule has 1 fully saturated rings. The van der Waals surface area contributed by atoms with Gasteiger partial charge in [-0.05, 0) is 54.9 Å². The van der Waals surface area contributed by atoms with Gasteiger partial charge < -0.3 is 20.5 Å². The maximum Gasteiger partial charge on any atom is 0.421 e. The molecule has 2 aromatic rings. The number of thiophene rings is 1. The van der Waals surface area contributed by atoms with Crippen molar-refractivity contribution in [1.29, 1.82) is 0 Å². The summed E-state index contributed by atoms with van der Waals surface area (Å²) in [6.45, 7) is 4.90. The third-order valence-corrected chi connectivity index (χ3v) is 8.55. The second-order valence-corrected chi connectivity index (χ2v) is 11.7. The van der Waals surface area contributed by atoms with Gasteiger partial charge in [-0.25, -0.2) is 13.1 Å². The zero-order valence-corrected chi connectivity index (χ0v) is 20.6. The van der Waals surface area contributed by atoms with E-state index < -0.39 is 21.8 Å². The van der Waals surface area contributed by atoms with Crippen molar-refractivity contribution in [1.82, 2.24) is 10.0 Å². The Morgan fingerprint density at radius 2 is 1.85 bits per heavy atom. The van der Waals surface area contributed by atoms with E-state index in [2.05, 4.69) is 15.4 Å². The minimum absolute atomic E-state index is 0.0964. The molecule has 190 valence electrons. The van der Waals surface area contributed by atoms with Gasteiger partial charge in [0.1, 0.15) is 4.21 Å². The third-order valence-electron chi connectivity index (χ3n) is 5.73. The molecule has 4 N–H and O–H groups in total. The van der Waals surface area contributed by atoms with Crippen molar-refractivity contribution in [3.05, 3.63) is 47.3 Å². The Hall–Kier alpha value is -1.70. The van der Waals surface area contributed by atoms with Crippen molar-refractivity contribution < 1.29 is 31.4 Å². The lowest BCUT2D eigenvalue weighted by atomic mass is 9.95. The fourth-order valence-electron chi connectivity index (χ4n) is 3.47. The molecule has 1 aliphatic heterocycles. The van der Waals surface area contributed by atoms with Gasteiger partial charge in [-0.2, -0.15) is 13.2 Å². The van der Waals surface area contributed by atoms with Crippen LogP contribution in [0.1, 0.15) is 25.8 Å². The van der Waals surface area contributed by atoms with Gasteiger partial charge in [0, 0.05) is 18.3 Å². The van der Waals surface area contributed by atoms with Crippen LogP contribution in [0.25, 0.3) is 0 Å². The quantitative estimate of drug-likeness (QED) is 0.342. The van der Waals surface area contributed by atoms with Crippen LogP contribution in [0.5, 0.6) is 0 Å². The second kappa shape index (κ2) is 10.9. The molecule has 3 unspecified atom stereocenters. The van der Waals surface area contributed by atoms with Gasteiger partial charge in [0.15, 0.2) is 5.60 Å². The maximum absolute atomic E-state index is 13.1. The van der Waals surface area contributed by atoms with Crippen LogP contribution in [0.3, 0.4) is 0 Å². The number of benzene rings is 1. The molecule has 1 aliphatic rings. The zero-order valence-electron chi connectivity index (χ0n) is 18.9. The van der Waals surface area contributed by atoms with Crippen molar-refractivity contribution in [2.75, 3.05) is 31.6 Å². The van der Waals surface area contributed by atoms with E-state index in [-0.39, 0.29) is 28.3 Å². The molecular formula is C22H30F3N3O4S2. The van der Waals surface area contributed by atoms with Crippen LogP contribution in [-0.2, 0) is 20.4 Å². The van der Waals surface area contributed by atoms with Gasteiger partial charge in [-0.1, -0.05) is 25.1 Å². The number of nitrogens with one attached hydrogen (secondary N) is 3. The largest absolute Gasteiger partial charge is 0.421 e. The van der Waals surface area contributed by atoms with E-state index >= 15 is 0 Å². The molecule has 0 aliphatic carbocycles. The van der Waals surface area contributed by atoms with E-state index in [1.165, 1.54) is 30.3 Å². The normalized spacial score (nSPS) is 18.6. The summed E-state index contributed by atoms with van der Waals surface area (Å²) in [7, 11) is -3.66. The first-order valence-corrected chi connectivity index (χ1v) is 13.3. The van der Waals surface area contributed by atoms with Crippen LogP contribution < -0.4 is 15.4 Å². The number of sulfonamides is 1. The van der Waals surface area contributed by atoms with Crippen LogP contribution >= 0.6 is 11.3 Å². The summed E-state index contributed by atoms with van der Waals surface area (Å²) in [6, 6.07) is 8.50. The number of anilines is 1. The molecule has 1 saturated heterocycles. The van der Waals surface area contributed by atoms with Crippen molar-refractivity contribution >= 4 is 27.0 Å². The number of alkyl halides is 3. The average Bonchev–Trinajstić information content (AvgIpc) is 3.26. The average molecular weight is 522 g/mol. The summed E-state index contributed by atoms with van der Waals surface area (Å²) in [6.07, 6.45) is -4.20. The topological polar surface area (TPSA) is 99.7 Å². The van der Waals surface area contributed by atoms with Gasteiger partial charge in [0.25, 0.3) is 0 Å². The van der Waals surface area contributed by atoms with Crippen molar-refractivity contribution in [3.8, 4) is 0 Å². The number of hydrogen-bond donors (Lipinski definition) is 4. The molecule has 0 amide bonds. The van der Waals surface area contributed by atoms with Gasteiger partial charge >= 0.3 is 6.18 Å². The Kier molecular flexibility index (Phi) is 8.64. The van der Waals surface area contributed by atoms with E-state index in [0.717, 1.165) is 17.9 Å². The zero-order chi connectivity index (χ0) is 25.0. The lowest BCUT2D eigenvalue weighted by molar-refractivity contribution is -0.258. The van der Waals surface area contributed by atoms with E-state index in [1.54, 1.807) is 11.4 Å². The first-order chi connectivity index (χ1) is 15.9. The van der Waals surface area contributed by atoms with E-state index in [1.807, 2.05) is 6.92 Å². The molecule has 34 heavy (non-hydrogen) atoms. The number of aliphatic hydroxyl groups is 1. The molecule has 3 atom stereocenters. The summed E-state index contributed by atoms with van der Waals surface area (Å²) in [5.74, 6) is 0.189. The highest BCUT2D eigenvalue weighted by Crippen LogP contribution is 2.38. The van der Waals surface area contributed by atoms with Crippen LogP contribution in [0.2, 0.25) is 0 Å². The summed E-state index contributed by atoms with van der Waals surface area (Å²) in [5, 5.41) is 18.2. The Bertz CT molecular complexity index is 1010. The maximum atomic E-state index is 13.1. The third kappa shape index (κ3) is 6.92. The molecule has 7 nitrogen and oxygen atoms in total. The lowest BCUT2D eigenvalue weighted by Gasteiger charge is -2.30. The lowest BCUT2D eigenvalue weighted by Crippen LogP contribution is -2.48. The molecule has 0 spiro atoms. The first-order valence-electron chi connectivity index (χ1n) is 10.9. The molecule has 0 bridgehead atoms. The molecule has 3 rings (SSSR count). The van der Waals surface area contributed by atoms with E-state index in [9.17, 15) is 26.7 Å². The summed E-state index contributed by atoms with van der Waals surface area (Å²) in [5.41, 5.74) is -2.72. The number of halogens is 3. The molecule has 0 saturated carbocycles. The van der Waals surface area contributed by atoms with Gasteiger partial charge in [0.2, 0.25) is 10.0 Å².